The van der Waals surface area contributed by atoms with Gasteiger partial charge in [0, 0.05) is 17.5 Å². The van der Waals surface area contributed by atoms with Crippen LogP contribution in [0.1, 0.15) is 23.8 Å². The molecule has 0 radical (unpaired) electrons. The molecule has 52 valence electrons. The van der Waals surface area contributed by atoms with E-state index in [1.54, 1.807) is 6.20 Å². The topological polar surface area (TPSA) is 33.1 Å². The monoisotopic (exact) mass is 135 g/mol. The molecular formula is C8H9NO. The molecule has 2 nitrogen and oxygen atoms in total. The van der Waals surface area contributed by atoms with Crippen molar-refractivity contribution in [2.75, 3.05) is 0 Å². The molecule has 0 saturated heterocycles. The summed E-state index contributed by atoms with van der Waals surface area (Å²) in [6, 6.07) is 3.81. The van der Waals surface area contributed by atoms with Gasteiger partial charge >= 0.3 is 0 Å². The first-order valence-electron chi connectivity index (χ1n) is 3.50. The van der Waals surface area contributed by atoms with Crippen LogP contribution in [0, 0.1) is 0 Å². The zero-order chi connectivity index (χ0) is 6.97. The highest BCUT2D eigenvalue weighted by molar-refractivity contribution is 5.26. The molecule has 1 aliphatic carbocycles. The molecule has 0 aromatic carbocycles. The summed E-state index contributed by atoms with van der Waals surface area (Å²) in [6.07, 6.45) is 3.28. The number of aromatic nitrogens is 1. The normalized spacial score (nSPS) is 22.7. The number of nitrogens with zero attached hydrogens (tertiary/aromatic N) is 1. The number of aliphatic hydroxyl groups is 1. The highest BCUT2D eigenvalue weighted by Gasteiger charge is 2.19. The second-order valence-corrected chi connectivity index (χ2v) is 2.59. The van der Waals surface area contributed by atoms with E-state index in [1.807, 2.05) is 12.1 Å². The van der Waals surface area contributed by atoms with Crippen LogP contribution < -0.4 is 0 Å². The Morgan fingerprint density at radius 3 is 3.30 bits per heavy atom. The van der Waals surface area contributed by atoms with Crippen molar-refractivity contribution in [3.05, 3.63) is 29.6 Å². The smallest absolute Gasteiger partial charge is 0.0811 e. The summed E-state index contributed by atoms with van der Waals surface area (Å²) < 4.78 is 0. The lowest BCUT2D eigenvalue weighted by atomic mass is 10.2. The Morgan fingerprint density at radius 1 is 1.60 bits per heavy atom. The van der Waals surface area contributed by atoms with E-state index < -0.39 is 0 Å². The fourth-order valence-corrected chi connectivity index (χ4v) is 1.39. The van der Waals surface area contributed by atoms with Crippen molar-refractivity contribution in [1.29, 1.82) is 0 Å². The molecule has 1 atom stereocenters. The van der Waals surface area contributed by atoms with Crippen LogP contribution in [0.25, 0.3) is 0 Å². The molecule has 0 amide bonds. The molecule has 1 aromatic rings. The van der Waals surface area contributed by atoms with Gasteiger partial charge in [0.15, 0.2) is 0 Å². The van der Waals surface area contributed by atoms with Crippen LogP contribution in [0.5, 0.6) is 0 Å². The minimum atomic E-state index is -0.260. The summed E-state index contributed by atoms with van der Waals surface area (Å²) in [5.41, 5.74) is 2.08. The average Bonchev–Trinajstić information content (AvgIpc) is 2.34. The second kappa shape index (κ2) is 2.06. The standard InChI is InChI=1S/C8H9NO/c10-8-4-3-7-6(8)2-1-5-9-7/h1-2,5,8,10H,3-4H2. The van der Waals surface area contributed by atoms with Gasteiger partial charge in [0.25, 0.3) is 0 Å². The lowest BCUT2D eigenvalue weighted by Crippen LogP contribution is -1.90. The first-order chi connectivity index (χ1) is 4.88. The van der Waals surface area contributed by atoms with Gasteiger partial charge in [-0.25, -0.2) is 0 Å². The molecule has 2 rings (SSSR count). The number of aryl methyl sites for hydroxylation is 1. The lowest BCUT2D eigenvalue weighted by Gasteiger charge is -1.99. The summed E-state index contributed by atoms with van der Waals surface area (Å²) >= 11 is 0. The Balaban J connectivity index is 2.51. The number of hydrogen-bond donors (Lipinski definition) is 1. The number of hydrogen-bond acceptors (Lipinski definition) is 2. The van der Waals surface area contributed by atoms with Crippen LogP contribution in [-0.2, 0) is 6.42 Å². The molecule has 0 saturated carbocycles. The van der Waals surface area contributed by atoms with E-state index in [0.717, 1.165) is 24.1 Å². The van der Waals surface area contributed by atoms with Crippen molar-refractivity contribution in [2.45, 2.75) is 18.9 Å². The zero-order valence-electron chi connectivity index (χ0n) is 5.62. The van der Waals surface area contributed by atoms with Gasteiger partial charge in [-0.15, -0.1) is 0 Å². The van der Waals surface area contributed by atoms with Crippen molar-refractivity contribution in [3.63, 3.8) is 0 Å². The molecule has 0 aliphatic heterocycles. The fraction of sp³-hybridized carbons (Fsp3) is 0.375. The molecule has 1 aromatic heterocycles. The van der Waals surface area contributed by atoms with Crippen molar-refractivity contribution in [1.82, 2.24) is 4.98 Å². The van der Waals surface area contributed by atoms with Crippen LogP contribution in [-0.4, -0.2) is 10.1 Å². The van der Waals surface area contributed by atoms with Gasteiger partial charge in [0.1, 0.15) is 0 Å². The third-order valence-corrected chi connectivity index (χ3v) is 1.94. The van der Waals surface area contributed by atoms with Gasteiger partial charge in [0.2, 0.25) is 0 Å². The molecule has 1 unspecified atom stereocenters. The number of rotatable bonds is 0. The molecule has 0 spiro atoms. The number of fused-ring (bicyclic) bond motifs is 1. The van der Waals surface area contributed by atoms with Gasteiger partial charge < -0.3 is 5.11 Å². The molecule has 0 bridgehead atoms. The first-order valence-corrected chi connectivity index (χ1v) is 3.50. The molecule has 10 heavy (non-hydrogen) atoms. The predicted octanol–water partition coefficient (Wildman–Crippen LogP) is 1.06. The molecular weight excluding hydrogens is 126 g/mol. The predicted molar refractivity (Wildman–Crippen MR) is 37.5 cm³/mol. The summed E-state index contributed by atoms with van der Waals surface area (Å²) in [4.78, 5) is 4.15. The van der Waals surface area contributed by atoms with Crippen molar-refractivity contribution in [3.8, 4) is 0 Å². The van der Waals surface area contributed by atoms with E-state index in [-0.39, 0.29) is 6.10 Å². The van der Waals surface area contributed by atoms with E-state index in [0.29, 0.717) is 0 Å². The van der Waals surface area contributed by atoms with Crippen molar-refractivity contribution < 1.29 is 5.11 Å². The number of aliphatic hydroxyl groups excluding tert-OH is 1. The summed E-state index contributed by atoms with van der Waals surface area (Å²) in [6.45, 7) is 0. The van der Waals surface area contributed by atoms with Crippen molar-refractivity contribution >= 4 is 0 Å². The van der Waals surface area contributed by atoms with Crippen LogP contribution >= 0.6 is 0 Å². The fourth-order valence-electron chi connectivity index (χ4n) is 1.39. The van der Waals surface area contributed by atoms with E-state index >= 15 is 0 Å². The van der Waals surface area contributed by atoms with E-state index in [9.17, 15) is 5.11 Å². The highest BCUT2D eigenvalue weighted by atomic mass is 16.3. The third kappa shape index (κ3) is 0.727. The highest BCUT2D eigenvalue weighted by Crippen LogP contribution is 2.28. The SMILES string of the molecule is OC1CCc2ncccc21. The first kappa shape index (κ1) is 5.86. The third-order valence-electron chi connectivity index (χ3n) is 1.94. The molecule has 2 heteroatoms. The largest absolute Gasteiger partial charge is 0.388 e. The van der Waals surface area contributed by atoms with Crippen LogP contribution in [0.2, 0.25) is 0 Å². The van der Waals surface area contributed by atoms with Crippen LogP contribution in [0.4, 0.5) is 0 Å². The Kier molecular flexibility index (Phi) is 1.21. The van der Waals surface area contributed by atoms with E-state index in [2.05, 4.69) is 4.98 Å². The van der Waals surface area contributed by atoms with Gasteiger partial charge in [-0.05, 0) is 18.9 Å². The molecule has 1 aliphatic rings. The number of pyridine rings is 1. The van der Waals surface area contributed by atoms with Gasteiger partial charge in [-0.3, -0.25) is 4.98 Å². The zero-order valence-corrected chi connectivity index (χ0v) is 5.62. The van der Waals surface area contributed by atoms with E-state index in [1.165, 1.54) is 0 Å². The van der Waals surface area contributed by atoms with Crippen LogP contribution in [0.15, 0.2) is 18.3 Å². The maximum Gasteiger partial charge on any atom is 0.0811 e. The minimum absolute atomic E-state index is 0.260. The summed E-state index contributed by atoms with van der Waals surface area (Å²) in [5, 5.41) is 9.34. The van der Waals surface area contributed by atoms with Crippen LogP contribution in [0.3, 0.4) is 0 Å². The van der Waals surface area contributed by atoms with Gasteiger partial charge in [-0.2, -0.15) is 0 Å². The Bertz CT molecular complexity index is 247. The van der Waals surface area contributed by atoms with Crippen molar-refractivity contribution in [2.24, 2.45) is 0 Å². The Hall–Kier alpha value is -0.890. The minimum Gasteiger partial charge on any atom is -0.388 e. The van der Waals surface area contributed by atoms with Gasteiger partial charge in [-0.1, -0.05) is 6.07 Å². The van der Waals surface area contributed by atoms with Gasteiger partial charge in [0.05, 0.1) is 6.10 Å². The quantitative estimate of drug-likeness (QED) is 0.577. The lowest BCUT2D eigenvalue weighted by molar-refractivity contribution is 0.180. The molecule has 0 fully saturated rings. The maximum absolute atomic E-state index is 9.34. The Morgan fingerprint density at radius 2 is 2.50 bits per heavy atom. The second-order valence-electron chi connectivity index (χ2n) is 2.59. The average molecular weight is 135 g/mol. The molecule has 1 N–H and O–H groups in total. The molecule has 1 heterocycles. The Labute approximate surface area is 59.5 Å². The van der Waals surface area contributed by atoms with E-state index in [4.69, 9.17) is 0 Å². The maximum atomic E-state index is 9.34. The summed E-state index contributed by atoms with van der Waals surface area (Å²) in [7, 11) is 0. The summed E-state index contributed by atoms with van der Waals surface area (Å²) in [5.74, 6) is 0.